The second kappa shape index (κ2) is 7.44. The minimum absolute atomic E-state index is 0.661. The van der Waals surface area contributed by atoms with E-state index in [0.29, 0.717) is 6.04 Å². The van der Waals surface area contributed by atoms with Gasteiger partial charge in [-0.05, 0) is 19.8 Å². The van der Waals surface area contributed by atoms with E-state index in [1.807, 2.05) is 13.1 Å². The lowest BCUT2D eigenvalue weighted by atomic mass is 10.1. The molecule has 2 N–H and O–H groups in total. The topological polar surface area (TPSA) is 40.7 Å². The van der Waals surface area contributed by atoms with Gasteiger partial charge in [0, 0.05) is 24.5 Å². The molecule has 0 spiro atoms. The quantitative estimate of drug-likeness (QED) is 0.710. The average molecular weight is 223 g/mol. The van der Waals surface area contributed by atoms with Crippen LogP contribution in [0.5, 0.6) is 0 Å². The number of rotatable bonds is 8. The predicted molar refractivity (Wildman–Crippen MR) is 68.4 cm³/mol. The summed E-state index contributed by atoms with van der Waals surface area (Å²) in [5, 5.41) is 3.61. The molecule has 0 saturated carbocycles. The molecule has 0 radical (unpaired) electrons. The molecule has 16 heavy (non-hydrogen) atoms. The van der Waals surface area contributed by atoms with Crippen LogP contribution in [0.4, 0.5) is 0 Å². The Balaban J connectivity index is 2.30. The van der Waals surface area contributed by atoms with Crippen LogP contribution in [0.3, 0.4) is 0 Å². The van der Waals surface area contributed by atoms with Gasteiger partial charge in [-0.15, -0.1) is 0 Å². The fraction of sp³-hybridized carbons (Fsp3) is 0.769. The number of H-pyrrole nitrogens is 1. The first-order chi connectivity index (χ1) is 7.76. The molecule has 0 aliphatic rings. The van der Waals surface area contributed by atoms with Gasteiger partial charge in [0.05, 0.1) is 0 Å². The number of imidazole rings is 1. The molecule has 1 unspecified atom stereocenters. The number of hydrogen-bond donors (Lipinski definition) is 2. The largest absolute Gasteiger partial charge is 0.345 e. The second-order valence-electron chi connectivity index (χ2n) is 4.50. The molecule has 0 saturated heterocycles. The molecular formula is C13H25N3. The Kier molecular flexibility index (Phi) is 6.16. The Morgan fingerprint density at radius 3 is 2.69 bits per heavy atom. The van der Waals surface area contributed by atoms with Crippen LogP contribution < -0.4 is 5.32 Å². The molecule has 3 nitrogen and oxygen atoms in total. The van der Waals surface area contributed by atoms with Gasteiger partial charge in [0.2, 0.25) is 0 Å². The van der Waals surface area contributed by atoms with Gasteiger partial charge in [-0.1, -0.05) is 33.1 Å². The molecule has 1 aromatic heterocycles. The van der Waals surface area contributed by atoms with Gasteiger partial charge >= 0.3 is 0 Å². The fourth-order valence-electron chi connectivity index (χ4n) is 1.96. The van der Waals surface area contributed by atoms with E-state index in [9.17, 15) is 0 Å². The standard InChI is InChI=1S/C13H25N3/c1-4-6-8-12(7-5-2)15-10-13-9-14-11(3)16-13/h9,12,15H,4-8,10H2,1-3H3,(H,14,16). The van der Waals surface area contributed by atoms with Crippen molar-refractivity contribution in [3.05, 3.63) is 17.7 Å². The van der Waals surface area contributed by atoms with E-state index in [2.05, 4.69) is 29.1 Å². The number of aromatic amines is 1. The van der Waals surface area contributed by atoms with Crippen LogP contribution in [-0.2, 0) is 6.54 Å². The molecule has 92 valence electrons. The minimum atomic E-state index is 0.661. The molecule has 1 aromatic rings. The summed E-state index contributed by atoms with van der Waals surface area (Å²) in [6, 6.07) is 0.661. The summed E-state index contributed by atoms with van der Waals surface area (Å²) in [4.78, 5) is 7.46. The van der Waals surface area contributed by atoms with Crippen molar-refractivity contribution in [1.82, 2.24) is 15.3 Å². The van der Waals surface area contributed by atoms with Crippen LogP contribution in [-0.4, -0.2) is 16.0 Å². The van der Waals surface area contributed by atoms with Crippen LogP contribution in [0.1, 0.15) is 57.5 Å². The molecule has 0 aromatic carbocycles. The van der Waals surface area contributed by atoms with E-state index in [-0.39, 0.29) is 0 Å². The van der Waals surface area contributed by atoms with Crippen LogP contribution in [0.2, 0.25) is 0 Å². The summed E-state index contributed by atoms with van der Waals surface area (Å²) in [7, 11) is 0. The van der Waals surface area contributed by atoms with Crippen LogP contribution in [0.15, 0.2) is 6.20 Å². The molecule has 1 rings (SSSR count). The zero-order chi connectivity index (χ0) is 11.8. The summed E-state index contributed by atoms with van der Waals surface area (Å²) in [5.41, 5.74) is 1.19. The van der Waals surface area contributed by atoms with Gasteiger partial charge in [-0.25, -0.2) is 4.98 Å². The maximum absolute atomic E-state index is 4.21. The van der Waals surface area contributed by atoms with Crippen molar-refractivity contribution in [1.29, 1.82) is 0 Å². The van der Waals surface area contributed by atoms with Crippen molar-refractivity contribution in [2.24, 2.45) is 0 Å². The van der Waals surface area contributed by atoms with Crippen LogP contribution in [0.25, 0.3) is 0 Å². The molecule has 0 aliphatic heterocycles. The van der Waals surface area contributed by atoms with Gasteiger partial charge in [0.1, 0.15) is 5.82 Å². The predicted octanol–water partition coefficient (Wildman–Crippen LogP) is 3.17. The number of unbranched alkanes of at least 4 members (excludes halogenated alkanes) is 1. The van der Waals surface area contributed by atoms with Gasteiger partial charge < -0.3 is 10.3 Å². The fourth-order valence-corrected chi connectivity index (χ4v) is 1.96. The first kappa shape index (κ1) is 13.2. The van der Waals surface area contributed by atoms with Gasteiger partial charge in [0.15, 0.2) is 0 Å². The van der Waals surface area contributed by atoms with Crippen LogP contribution in [0, 0.1) is 6.92 Å². The zero-order valence-corrected chi connectivity index (χ0v) is 10.8. The normalized spacial score (nSPS) is 12.9. The third-order valence-electron chi connectivity index (χ3n) is 2.88. The summed E-state index contributed by atoms with van der Waals surface area (Å²) >= 11 is 0. The highest BCUT2D eigenvalue weighted by Crippen LogP contribution is 2.07. The average Bonchev–Trinajstić information content (AvgIpc) is 2.68. The summed E-state index contributed by atoms with van der Waals surface area (Å²) in [5.74, 6) is 0.998. The second-order valence-corrected chi connectivity index (χ2v) is 4.50. The summed E-state index contributed by atoms with van der Waals surface area (Å²) < 4.78 is 0. The van der Waals surface area contributed by atoms with Gasteiger partial charge in [-0.2, -0.15) is 0 Å². The highest BCUT2D eigenvalue weighted by atomic mass is 15.0. The highest BCUT2D eigenvalue weighted by molar-refractivity contribution is 4.99. The monoisotopic (exact) mass is 223 g/mol. The lowest BCUT2D eigenvalue weighted by molar-refractivity contribution is 0.432. The maximum atomic E-state index is 4.21. The van der Waals surface area contributed by atoms with E-state index in [4.69, 9.17) is 0 Å². The summed E-state index contributed by atoms with van der Waals surface area (Å²) in [6.45, 7) is 7.40. The van der Waals surface area contributed by atoms with Crippen molar-refractivity contribution in [2.75, 3.05) is 0 Å². The molecule has 0 fully saturated rings. The number of hydrogen-bond acceptors (Lipinski definition) is 2. The molecule has 1 atom stereocenters. The lowest BCUT2D eigenvalue weighted by Crippen LogP contribution is -2.28. The number of aryl methyl sites for hydroxylation is 1. The first-order valence-corrected chi connectivity index (χ1v) is 6.50. The number of aromatic nitrogens is 2. The molecule has 0 bridgehead atoms. The Bertz CT molecular complexity index is 280. The zero-order valence-electron chi connectivity index (χ0n) is 10.8. The van der Waals surface area contributed by atoms with E-state index in [1.54, 1.807) is 0 Å². The highest BCUT2D eigenvalue weighted by Gasteiger charge is 2.06. The lowest BCUT2D eigenvalue weighted by Gasteiger charge is -2.17. The molecule has 0 aliphatic carbocycles. The van der Waals surface area contributed by atoms with Crippen molar-refractivity contribution >= 4 is 0 Å². The molecule has 0 amide bonds. The number of nitrogens with one attached hydrogen (secondary N) is 2. The van der Waals surface area contributed by atoms with Gasteiger partial charge in [0.25, 0.3) is 0 Å². The Morgan fingerprint density at radius 1 is 1.31 bits per heavy atom. The van der Waals surface area contributed by atoms with E-state index >= 15 is 0 Å². The van der Waals surface area contributed by atoms with Gasteiger partial charge in [-0.3, -0.25) is 0 Å². The van der Waals surface area contributed by atoms with Crippen molar-refractivity contribution in [3.8, 4) is 0 Å². The Labute approximate surface area is 99.1 Å². The maximum Gasteiger partial charge on any atom is 0.103 e. The van der Waals surface area contributed by atoms with Crippen molar-refractivity contribution < 1.29 is 0 Å². The molecule has 3 heteroatoms. The smallest absolute Gasteiger partial charge is 0.103 e. The third-order valence-corrected chi connectivity index (χ3v) is 2.88. The third kappa shape index (κ3) is 4.79. The minimum Gasteiger partial charge on any atom is -0.345 e. The summed E-state index contributed by atoms with van der Waals surface area (Å²) in [6.07, 6.45) is 8.34. The number of nitrogens with zero attached hydrogens (tertiary/aromatic N) is 1. The first-order valence-electron chi connectivity index (χ1n) is 6.50. The van der Waals surface area contributed by atoms with E-state index in [0.717, 1.165) is 12.4 Å². The molecule has 1 heterocycles. The van der Waals surface area contributed by atoms with Crippen molar-refractivity contribution in [2.45, 2.75) is 65.5 Å². The SMILES string of the molecule is CCCCC(CCC)NCc1cnc(C)[nH]1. The van der Waals surface area contributed by atoms with Crippen LogP contribution >= 0.6 is 0 Å². The van der Waals surface area contributed by atoms with E-state index < -0.39 is 0 Å². The Morgan fingerprint density at radius 2 is 2.12 bits per heavy atom. The molecular weight excluding hydrogens is 198 g/mol. The van der Waals surface area contributed by atoms with E-state index in [1.165, 1.54) is 37.8 Å². The Hall–Kier alpha value is -0.830. The van der Waals surface area contributed by atoms with Crippen molar-refractivity contribution in [3.63, 3.8) is 0 Å².